The monoisotopic (exact) mass is 266 g/mol. The SMILES string of the molecule is CCc1c(O)c2c(n(C)c1=O)CC(C)(C)NC2=S. The minimum Gasteiger partial charge on any atom is -0.507 e. The Hall–Kier alpha value is -1.36. The first-order valence-corrected chi connectivity index (χ1v) is 6.45. The van der Waals surface area contributed by atoms with Gasteiger partial charge in [-0.25, -0.2) is 0 Å². The van der Waals surface area contributed by atoms with Crippen LogP contribution in [0.2, 0.25) is 0 Å². The van der Waals surface area contributed by atoms with E-state index in [-0.39, 0.29) is 16.8 Å². The molecule has 1 aromatic rings. The van der Waals surface area contributed by atoms with E-state index in [1.165, 1.54) is 0 Å². The van der Waals surface area contributed by atoms with Crippen molar-refractivity contribution in [3.63, 3.8) is 0 Å². The smallest absolute Gasteiger partial charge is 0.257 e. The first-order chi connectivity index (χ1) is 8.28. The van der Waals surface area contributed by atoms with E-state index < -0.39 is 0 Å². The van der Waals surface area contributed by atoms with Crippen molar-refractivity contribution < 1.29 is 5.11 Å². The summed E-state index contributed by atoms with van der Waals surface area (Å²) in [6, 6.07) is 0. The molecule has 4 nitrogen and oxygen atoms in total. The van der Waals surface area contributed by atoms with Gasteiger partial charge in [-0.05, 0) is 20.3 Å². The second-order valence-corrected chi connectivity index (χ2v) is 5.79. The van der Waals surface area contributed by atoms with Crippen molar-refractivity contribution in [3.8, 4) is 5.75 Å². The molecule has 0 saturated carbocycles. The fourth-order valence-electron chi connectivity index (χ4n) is 2.48. The summed E-state index contributed by atoms with van der Waals surface area (Å²) in [6.07, 6.45) is 1.16. The summed E-state index contributed by atoms with van der Waals surface area (Å²) in [5, 5.41) is 13.4. The van der Waals surface area contributed by atoms with E-state index in [1.54, 1.807) is 11.6 Å². The van der Waals surface area contributed by atoms with Gasteiger partial charge in [-0.15, -0.1) is 0 Å². The molecule has 0 aromatic carbocycles. The predicted octanol–water partition coefficient (Wildman–Crippen LogP) is 1.25. The number of rotatable bonds is 1. The van der Waals surface area contributed by atoms with Crippen molar-refractivity contribution in [1.29, 1.82) is 0 Å². The maximum Gasteiger partial charge on any atom is 0.257 e. The average Bonchev–Trinajstić information content (AvgIpc) is 2.24. The minimum atomic E-state index is -0.200. The third-order valence-corrected chi connectivity index (χ3v) is 3.73. The number of fused-ring (bicyclic) bond motifs is 1. The summed E-state index contributed by atoms with van der Waals surface area (Å²) in [5.74, 6) is 0.0450. The second-order valence-electron chi connectivity index (χ2n) is 5.38. The van der Waals surface area contributed by atoms with Crippen LogP contribution in [0, 0.1) is 0 Å². The van der Waals surface area contributed by atoms with E-state index in [9.17, 15) is 9.90 Å². The Morgan fingerprint density at radius 3 is 2.67 bits per heavy atom. The van der Waals surface area contributed by atoms with E-state index in [4.69, 9.17) is 12.2 Å². The van der Waals surface area contributed by atoms with Gasteiger partial charge in [0, 0.05) is 24.7 Å². The van der Waals surface area contributed by atoms with Crippen LogP contribution in [0.5, 0.6) is 5.75 Å². The molecule has 0 aliphatic carbocycles. The Balaban J connectivity index is 2.81. The highest BCUT2D eigenvalue weighted by molar-refractivity contribution is 7.80. The van der Waals surface area contributed by atoms with Crippen LogP contribution < -0.4 is 10.9 Å². The summed E-state index contributed by atoms with van der Waals surface area (Å²) >= 11 is 5.32. The van der Waals surface area contributed by atoms with Gasteiger partial charge in [0.2, 0.25) is 0 Å². The molecule has 0 unspecified atom stereocenters. The Labute approximate surface area is 112 Å². The largest absolute Gasteiger partial charge is 0.507 e. The molecule has 18 heavy (non-hydrogen) atoms. The molecule has 2 N–H and O–H groups in total. The molecule has 98 valence electrons. The molecule has 2 rings (SSSR count). The Morgan fingerprint density at radius 2 is 2.11 bits per heavy atom. The number of nitrogens with zero attached hydrogens (tertiary/aromatic N) is 1. The van der Waals surface area contributed by atoms with Crippen molar-refractivity contribution in [2.24, 2.45) is 7.05 Å². The molecule has 0 radical (unpaired) electrons. The zero-order chi connectivity index (χ0) is 13.7. The van der Waals surface area contributed by atoms with Gasteiger partial charge in [-0.1, -0.05) is 19.1 Å². The molecule has 2 heterocycles. The first-order valence-electron chi connectivity index (χ1n) is 6.04. The highest BCUT2D eigenvalue weighted by Crippen LogP contribution is 2.30. The number of aromatic hydroxyl groups is 1. The van der Waals surface area contributed by atoms with Gasteiger partial charge in [0.1, 0.15) is 10.7 Å². The Morgan fingerprint density at radius 1 is 1.50 bits per heavy atom. The minimum absolute atomic E-state index is 0.0450. The highest BCUT2D eigenvalue weighted by atomic mass is 32.1. The number of hydrogen-bond acceptors (Lipinski definition) is 3. The number of aromatic nitrogens is 1. The number of hydrogen-bond donors (Lipinski definition) is 2. The van der Waals surface area contributed by atoms with E-state index in [0.717, 1.165) is 5.69 Å². The lowest BCUT2D eigenvalue weighted by Gasteiger charge is -2.35. The van der Waals surface area contributed by atoms with E-state index in [0.29, 0.717) is 29.0 Å². The van der Waals surface area contributed by atoms with Crippen LogP contribution in [0.3, 0.4) is 0 Å². The van der Waals surface area contributed by atoms with Crippen LogP contribution in [0.1, 0.15) is 37.6 Å². The topological polar surface area (TPSA) is 54.3 Å². The standard InChI is InChI=1S/C13H18N2O2S/c1-5-7-10(16)9-8(15(4)12(7)17)6-13(2,3)14-11(9)18/h16H,5-6H2,1-4H3,(H,14,18). The number of pyridine rings is 1. The van der Waals surface area contributed by atoms with Crippen LogP contribution in [-0.4, -0.2) is 20.2 Å². The van der Waals surface area contributed by atoms with Gasteiger partial charge < -0.3 is 15.0 Å². The Bertz CT molecular complexity index is 588. The molecular formula is C13H18N2O2S. The third kappa shape index (κ3) is 1.82. The van der Waals surface area contributed by atoms with E-state index >= 15 is 0 Å². The van der Waals surface area contributed by atoms with Crippen LogP contribution in [-0.2, 0) is 19.9 Å². The lowest BCUT2D eigenvalue weighted by atomic mass is 9.89. The van der Waals surface area contributed by atoms with Gasteiger partial charge >= 0.3 is 0 Å². The van der Waals surface area contributed by atoms with Gasteiger partial charge in [-0.3, -0.25) is 4.79 Å². The van der Waals surface area contributed by atoms with Crippen LogP contribution >= 0.6 is 12.2 Å². The van der Waals surface area contributed by atoms with Crippen molar-refractivity contribution in [3.05, 3.63) is 27.2 Å². The molecule has 0 fully saturated rings. The fourth-order valence-corrected chi connectivity index (χ4v) is 2.97. The molecule has 0 saturated heterocycles. The average molecular weight is 266 g/mol. The molecular weight excluding hydrogens is 248 g/mol. The molecule has 0 atom stereocenters. The molecule has 0 bridgehead atoms. The van der Waals surface area contributed by atoms with Crippen LogP contribution in [0.4, 0.5) is 0 Å². The molecule has 1 aliphatic rings. The molecule has 1 aromatic heterocycles. The van der Waals surface area contributed by atoms with Crippen molar-refractivity contribution in [2.45, 2.75) is 39.2 Å². The van der Waals surface area contributed by atoms with Gasteiger partial charge in [0.05, 0.1) is 11.1 Å². The maximum absolute atomic E-state index is 12.1. The van der Waals surface area contributed by atoms with Crippen molar-refractivity contribution >= 4 is 17.2 Å². The van der Waals surface area contributed by atoms with Gasteiger partial charge in [0.25, 0.3) is 5.56 Å². The second kappa shape index (κ2) is 4.09. The molecule has 1 aliphatic heterocycles. The summed E-state index contributed by atoms with van der Waals surface area (Å²) in [4.78, 5) is 12.7. The Kier molecular flexibility index (Phi) is 2.97. The normalized spacial score (nSPS) is 17.2. The molecule has 0 spiro atoms. The first kappa shape index (κ1) is 13.1. The molecule has 5 heteroatoms. The maximum atomic E-state index is 12.1. The van der Waals surface area contributed by atoms with E-state index in [1.807, 2.05) is 20.8 Å². The lowest BCUT2D eigenvalue weighted by Crippen LogP contribution is -2.50. The third-order valence-electron chi connectivity index (χ3n) is 3.42. The number of thiocarbonyl (C=S) groups is 1. The summed E-state index contributed by atoms with van der Waals surface area (Å²) in [6.45, 7) is 5.90. The fraction of sp³-hybridized carbons (Fsp3) is 0.538. The zero-order valence-corrected chi connectivity index (χ0v) is 11.9. The quantitative estimate of drug-likeness (QED) is 0.751. The van der Waals surface area contributed by atoms with Crippen molar-refractivity contribution in [1.82, 2.24) is 9.88 Å². The predicted molar refractivity (Wildman–Crippen MR) is 75.3 cm³/mol. The lowest BCUT2D eigenvalue weighted by molar-refractivity contribution is 0.419. The summed E-state index contributed by atoms with van der Waals surface area (Å²) in [7, 11) is 1.74. The summed E-state index contributed by atoms with van der Waals surface area (Å²) in [5.41, 5.74) is 1.52. The summed E-state index contributed by atoms with van der Waals surface area (Å²) < 4.78 is 1.61. The molecule has 0 amide bonds. The zero-order valence-electron chi connectivity index (χ0n) is 11.1. The van der Waals surface area contributed by atoms with E-state index in [2.05, 4.69) is 5.32 Å². The van der Waals surface area contributed by atoms with Gasteiger partial charge in [0.15, 0.2) is 0 Å². The van der Waals surface area contributed by atoms with Gasteiger partial charge in [-0.2, -0.15) is 0 Å². The van der Waals surface area contributed by atoms with Crippen LogP contribution in [0.25, 0.3) is 0 Å². The number of nitrogens with one attached hydrogen (secondary N) is 1. The highest BCUT2D eigenvalue weighted by Gasteiger charge is 2.33. The van der Waals surface area contributed by atoms with Crippen molar-refractivity contribution in [2.75, 3.05) is 0 Å². The van der Waals surface area contributed by atoms with Crippen LogP contribution in [0.15, 0.2) is 4.79 Å².